The van der Waals surface area contributed by atoms with Crippen LogP contribution in [0.5, 0.6) is 0 Å². The zero-order chi connectivity index (χ0) is 12.5. The maximum absolute atomic E-state index is 5.77. The first kappa shape index (κ1) is 11.7. The molecule has 1 aliphatic carbocycles. The number of thiazole rings is 1. The van der Waals surface area contributed by atoms with Crippen molar-refractivity contribution >= 4 is 32.4 Å². The standard InChI is InChI=1S/C13H18N4S/c1-17(10-3-4-10)7-6-15-13-16-11-5-2-9(14)8-12(11)18-13/h2,5,8,10H,3-4,6-7,14H2,1H3,(H,15,16). The molecule has 1 aromatic carbocycles. The minimum atomic E-state index is 0.797. The molecule has 0 unspecified atom stereocenters. The van der Waals surface area contributed by atoms with Crippen molar-refractivity contribution in [2.24, 2.45) is 0 Å². The van der Waals surface area contributed by atoms with Crippen molar-refractivity contribution in [3.63, 3.8) is 0 Å². The van der Waals surface area contributed by atoms with Crippen LogP contribution in [0.2, 0.25) is 0 Å². The van der Waals surface area contributed by atoms with Crippen LogP contribution in [0.1, 0.15) is 12.8 Å². The Morgan fingerprint density at radius 2 is 2.33 bits per heavy atom. The van der Waals surface area contributed by atoms with E-state index in [0.29, 0.717) is 0 Å². The summed E-state index contributed by atoms with van der Waals surface area (Å²) in [6, 6.07) is 6.67. The molecule has 3 N–H and O–H groups in total. The van der Waals surface area contributed by atoms with Crippen molar-refractivity contribution < 1.29 is 0 Å². The molecule has 18 heavy (non-hydrogen) atoms. The number of benzene rings is 1. The summed E-state index contributed by atoms with van der Waals surface area (Å²) in [5.74, 6) is 0. The number of nitrogen functional groups attached to an aromatic ring is 1. The number of hydrogen-bond acceptors (Lipinski definition) is 5. The van der Waals surface area contributed by atoms with Gasteiger partial charge < -0.3 is 16.0 Å². The SMILES string of the molecule is CN(CCNc1nc2ccc(N)cc2s1)C1CC1. The van der Waals surface area contributed by atoms with Gasteiger partial charge in [0.25, 0.3) is 0 Å². The van der Waals surface area contributed by atoms with Gasteiger partial charge in [-0.2, -0.15) is 0 Å². The van der Waals surface area contributed by atoms with Crippen molar-refractivity contribution in [3.8, 4) is 0 Å². The number of nitrogens with one attached hydrogen (secondary N) is 1. The Hall–Kier alpha value is -1.33. The van der Waals surface area contributed by atoms with E-state index in [-0.39, 0.29) is 0 Å². The minimum absolute atomic E-state index is 0.797. The summed E-state index contributed by atoms with van der Waals surface area (Å²) < 4.78 is 1.15. The van der Waals surface area contributed by atoms with E-state index in [1.54, 1.807) is 11.3 Å². The maximum Gasteiger partial charge on any atom is 0.183 e. The quantitative estimate of drug-likeness (QED) is 0.812. The molecule has 0 aliphatic heterocycles. The van der Waals surface area contributed by atoms with Gasteiger partial charge in [0.15, 0.2) is 5.13 Å². The topological polar surface area (TPSA) is 54.2 Å². The molecule has 5 heteroatoms. The maximum atomic E-state index is 5.77. The second-order valence-corrected chi connectivity index (χ2v) is 5.92. The van der Waals surface area contributed by atoms with Crippen molar-refractivity contribution in [2.75, 3.05) is 31.2 Å². The molecule has 1 saturated carbocycles. The van der Waals surface area contributed by atoms with Crippen LogP contribution < -0.4 is 11.1 Å². The van der Waals surface area contributed by atoms with E-state index in [4.69, 9.17) is 5.73 Å². The van der Waals surface area contributed by atoms with Gasteiger partial charge in [-0.05, 0) is 38.1 Å². The number of fused-ring (bicyclic) bond motifs is 1. The third-order valence-corrected chi connectivity index (χ3v) is 4.30. The van der Waals surface area contributed by atoms with E-state index in [9.17, 15) is 0 Å². The predicted octanol–water partition coefficient (Wildman–Crippen LogP) is 2.38. The summed E-state index contributed by atoms with van der Waals surface area (Å²) in [4.78, 5) is 6.96. The van der Waals surface area contributed by atoms with Gasteiger partial charge in [-0.1, -0.05) is 11.3 Å². The number of rotatable bonds is 5. The molecule has 96 valence electrons. The van der Waals surface area contributed by atoms with Gasteiger partial charge in [0, 0.05) is 24.8 Å². The van der Waals surface area contributed by atoms with Crippen LogP contribution in [0.3, 0.4) is 0 Å². The van der Waals surface area contributed by atoms with E-state index >= 15 is 0 Å². The lowest BCUT2D eigenvalue weighted by molar-refractivity contribution is 0.337. The number of anilines is 2. The summed E-state index contributed by atoms with van der Waals surface area (Å²) in [6.07, 6.45) is 2.72. The normalized spacial score (nSPS) is 15.4. The zero-order valence-corrected chi connectivity index (χ0v) is 11.3. The molecule has 0 radical (unpaired) electrons. The van der Waals surface area contributed by atoms with Crippen LogP contribution in [-0.4, -0.2) is 36.1 Å². The first-order valence-corrected chi connectivity index (χ1v) is 7.14. The molecule has 0 amide bonds. The lowest BCUT2D eigenvalue weighted by Gasteiger charge is -2.15. The lowest BCUT2D eigenvalue weighted by atomic mass is 10.3. The minimum Gasteiger partial charge on any atom is -0.399 e. The number of nitrogens with zero attached hydrogens (tertiary/aromatic N) is 2. The van der Waals surface area contributed by atoms with Crippen LogP contribution in [0.4, 0.5) is 10.8 Å². The Morgan fingerprint density at radius 3 is 3.11 bits per heavy atom. The molecule has 4 nitrogen and oxygen atoms in total. The first-order valence-electron chi connectivity index (χ1n) is 6.32. The van der Waals surface area contributed by atoms with Crippen molar-refractivity contribution in [2.45, 2.75) is 18.9 Å². The van der Waals surface area contributed by atoms with Gasteiger partial charge in [0.05, 0.1) is 10.2 Å². The van der Waals surface area contributed by atoms with Crippen LogP contribution in [-0.2, 0) is 0 Å². The second-order valence-electron chi connectivity index (χ2n) is 4.88. The molecule has 2 aromatic rings. The highest BCUT2D eigenvalue weighted by molar-refractivity contribution is 7.22. The summed E-state index contributed by atoms with van der Waals surface area (Å²) >= 11 is 1.67. The van der Waals surface area contributed by atoms with Gasteiger partial charge in [0.1, 0.15) is 0 Å². The predicted molar refractivity (Wildman–Crippen MR) is 78.2 cm³/mol. The van der Waals surface area contributed by atoms with E-state index in [1.165, 1.54) is 12.8 Å². The summed E-state index contributed by atoms with van der Waals surface area (Å²) in [5, 5.41) is 4.38. The van der Waals surface area contributed by atoms with Crippen LogP contribution in [0.25, 0.3) is 10.2 Å². The third kappa shape index (κ3) is 2.57. The fourth-order valence-corrected chi connectivity index (χ4v) is 2.99. The Balaban J connectivity index is 1.60. The largest absolute Gasteiger partial charge is 0.399 e. The Kier molecular flexibility index (Phi) is 3.09. The third-order valence-electron chi connectivity index (χ3n) is 3.32. The summed E-state index contributed by atoms with van der Waals surface area (Å²) in [7, 11) is 2.19. The van der Waals surface area contributed by atoms with Gasteiger partial charge in [0.2, 0.25) is 0 Å². The van der Waals surface area contributed by atoms with E-state index in [1.807, 2.05) is 18.2 Å². The monoisotopic (exact) mass is 262 g/mol. The number of likely N-dealkylation sites (N-methyl/N-ethyl adjacent to an activating group) is 1. The molecule has 1 aromatic heterocycles. The molecule has 0 saturated heterocycles. The molecular weight excluding hydrogens is 244 g/mol. The second kappa shape index (κ2) is 4.74. The summed E-state index contributed by atoms with van der Waals surface area (Å²) in [6.45, 7) is 2.02. The van der Waals surface area contributed by atoms with Crippen LogP contribution >= 0.6 is 11.3 Å². The fourth-order valence-electron chi connectivity index (χ4n) is 2.05. The molecule has 1 aliphatic rings. The van der Waals surface area contributed by atoms with E-state index in [0.717, 1.165) is 40.2 Å². The average molecular weight is 262 g/mol. The molecular formula is C13H18N4S. The molecule has 0 atom stereocenters. The van der Waals surface area contributed by atoms with E-state index < -0.39 is 0 Å². The zero-order valence-electron chi connectivity index (χ0n) is 10.5. The van der Waals surface area contributed by atoms with Crippen molar-refractivity contribution in [3.05, 3.63) is 18.2 Å². The highest BCUT2D eigenvalue weighted by Crippen LogP contribution is 2.28. The van der Waals surface area contributed by atoms with Gasteiger partial charge in [-0.25, -0.2) is 4.98 Å². The van der Waals surface area contributed by atoms with Crippen molar-refractivity contribution in [1.29, 1.82) is 0 Å². The van der Waals surface area contributed by atoms with Crippen LogP contribution in [0, 0.1) is 0 Å². The van der Waals surface area contributed by atoms with Crippen molar-refractivity contribution in [1.82, 2.24) is 9.88 Å². The Labute approximate surface area is 111 Å². The van der Waals surface area contributed by atoms with Crippen LogP contribution in [0.15, 0.2) is 18.2 Å². The number of aromatic nitrogens is 1. The van der Waals surface area contributed by atoms with E-state index in [2.05, 4.69) is 22.2 Å². The Morgan fingerprint density at radius 1 is 1.50 bits per heavy atom. The number of hydrogen-bond donors (Lipinski definition) is 2. The fraction of sp³-hybridized carbons (Fsp3) is 0.462. The molecule has 0 bridgehead atoms. The molecule has 0 spiro atoms. The van der Waals surface area contributed by atoms with Gasteiger partial charge in [-0.3, -0.25) is 0 Å². The molecule has 1 fully saturated rings. The first-order chi connectivity index (χ1) is 8.72. The molecule has 1 heterocycles. The highest BCUT2D eigenvalue weighted by atomic mass is 32.1. The lowest BCUT2D eigenvalue weighted by Crippen LogP contribution is -2.26. The molecule has 3 rings (SSSR count). The van der Waals surface area contributed by atoms with Gasteiger partial charge in [-0.15, -0.1) is 0 Å². The number of nitrogens with two attached hydrogens (primary N) is 1. The smallest absolute Gasteiger partial charge is 0.183 e. The summed E-state index contributed by atoms with van der Waals surface area (Å²) in [5.41, 5.74) is 7.58. The highest BCUT2D eigenvalue weighted by Gasteiger charge is 2.25. The Bertz CT molecular complexity index is 547. The van der Waals surface area contributed by atoms with Gasteiger partial charge >= 0.3 is 0 Å². The average Bonchev–Trinajstić information content (AvgIpc) is 3.11.